The minimum absolute atomic E-state index is 0.142. The molecule has 0 bridgehead atoms. The molecule has 3 aliphatic rings. The summed E-state index contributed by atoms with van der Waals surface area (Å²) in [6.07, 6.45) is 0. The van der Waals surface area contributed by atoms with Crippen LogP contribution in [-0.2, 0) is 9.59 Å². The van der Waals surface area contributed by atoms with Crippen molar-refractivity contribution >= 4 is 40.3 Å². The van der Waals surface area contributed by atoms with Crippen molar-refractivity contribution in [2.45, 2.75) is 19.8 Å². The normalized spacial score (nSPS) is 26.6. The average Bonchev–Trinajstić information content (AvgIpc) is 3.38. The summed E-state index contributed by atoms with van der Waals surface area (Å²) in [6.45, 7) is 3.42. The Kier molecular flexibility index (Phi) is 4.50. The van der Waals surface area contributed by atoms with Crippen LogP contribution in [0.1, 0.15) is 25.3 Å². The molecule has 6 rings (SSSR count). The molecule has 2 atom stereocenters. The lowest BCUT2D eigenvalue weighted by atomic mass is 9.85. The van der Waals surface area contributed by atoms with Gasteiger partial charge >= 0.3 is 0 Å². The molecule has 2 aliphatic heterocycles. The van der Waals surface area contributed by atoms with Gasteiger partial charge in [0.05, 0.1) is 27.7 Å². The van der Waals surface area contributed by atoms with Crippen LogP contribution in [-0.4, -0.2) is 28.2 Å². The summed E-state index contributed by atoms with van der Waals surface area (Å²) in [5.74, 6) is -1.62. The molecule has 1 saturated carbocycles. The second-order valence-electron chi connectivity index (χ2n) is 9.14. The molecule has 178 valence electrons. The number of carbonyl (C=O) groups is 2. The number of hydrogen-bond donors (Lipinski definition) is 0. The van der Waals surface area contributed by atoms with E-state index in [4.69, 9.17) is 0 Å². The van der Waals surface area contributed by atoms with Gasteiger partial charge in [-0.05, 0) is 38.1 Å². The number of hydrogen-bond acceptors (Lipinski definition) is 6. The summed E-state index contributed by atoms with van der Waals surface area (Å²) < 4.78 is 0. The van der Waals surface area contributed by atoms with Crippen LogP contribution >= 0.6 is 0 Å². The highest BCUT2D eigenvalue weighted by Crippen LogP contribution is 2.80. The SMILES string of the molecule is CC1=NN(c2ccccc2)C(=O)C12C(c1ccccc1[N+](=O)[O-])C21C(=O)N(c2ccccc2)N=C1C. The van der Waals surface area contributed by atoms with E-state index in [1.54, 1.807) is 80.6 Å². The lowest BCUT2D eigenvalue weighted by molar-refractivity contribution is -0.385. The highest BCUT2D eigenvalue weighted by Gasteiger charge is 2.91. The smallest absolute Gasteiger partial charge is 0.271 e. The van der Waals surface area contributed by atoms with E-state index in [2.05, 4.69) is 10.2 Å². The third-order valence-corrected chi connectivity index (χ3v) is 7.55. The zero-order valence-electron chi connectivity index (χ0n) is 19.5. The van der Waals surface area contributed by atoms with Gasteiger partial charge in [-0.15, -0.1) is 0 Å². The minimum atomic E-state index is -1.43. The molecule has 3 aromatic carbocycles. The van der Waals surface area contributed by atoms with Crippen LogP contribution in [0.4, 0.5) is 17.1 Å². The lowest BCUT2D eigenvalue weighted by Gasteiger charge is -2.18. The van der Waals surface area contributed by atoms with Crippen molar-refractivity contribution in [1.82, 2.24) is 0 Å². The molecule has 36 heavy (non-hydrogen) atoms. The quantitative estimate of drug-likeness (QED) is 0.405. The Bertz CT molecular complexity index is 1420. The monoisotopic (exact) mass is 479 g/mol. The van der Waals surface area contributed by atoms with Crippen molar-refractivity contribution < 1.29 is 14.5 Å². The summed E-state index contributed by atoms with van der Waals surface area (Å²) >= 11 is 0. The fourth-order valence-corrected chi connectivity index (χ4v) is 6.09. The molecule has 0 radical (unpaired) electrons. The van der Waals surface area contributed by atoms with E-state index in [0.717, 1.165) is 0 Å². The van der Waals surface area contributed by atoms with Gasteiger partial charge in [0.2, 0.25) is 0 Å². The molecule has 2 spiro atoms. The first-order valence-corrected chi connectivity index (χ1v) is 11.5. The fraction of sp³-hybridized carbons (Fsp3) is 0.185. The van der Waals surface area contributed by atoms with E-state index in [1.807, 2.05) is 12.1 Å². The summed E-state index contributed by atoms with van der Waals surface area (Å²) in [5, 5.41) is 23.8. The van der Waals surface area contributed by atoms with Gasteiger partial charge in [-0.2, -0.15) is 20.2 Å². The molecule has 0 saturated heterocycles. The Hall–Kier alpha value is -4.66. The van der Waals surface area contributed by atoms with E-state index in [0.29, 0.717) is 28.4 Å². The van der Waals surface area contributed by atoms with Gasteiger partial charge in [0.15, 0.2) is 0 Å². The predicted octanol–water partition coefficient (Wildman–Crippen LogP) is 4.51. The van der Waals surface area contributed by atoms with E-state index in [9.17, 15) is 19.7 Å². The standard InChI is InChI=1S/C27H21N5O4/c1-17-26(24(33)30(28-17)19-11-5-3-6-12-19)23(21-15-9-10-16-22(21)32(35)36)27(26)18(2)29-31(25(27)34)20-13-7-4-8-14-20/h3-16,23H,1-2H3. The van der Waals surface area contributed by atoms with Crippen molar-refractivity contribution in [3.63, 3.8) is 0 Å². The topological polar surface area (TPSA) is 108 Å². The van der Waals surface area contributed by atoms with Crippen LogP contribution in [0.25, 0.3) is 0 Å². The molecule has 2 amide bonds. The molecule has 2 unspecified atom stereocenters. The molecule has 3 aromatic rings. The van der Waals surface area contributed by atoms with Gasteiger partial charge in [-0.25, -0.2) is 0 Å². The number of nitro groups is 1. The first-order chi connectivity index (χ1) is 17.4. The Labute approximate surface area is 206 Å². The number of rotatable bonds is 4. The minimum Gasteiger partial charge on any atom is -0.271 e. The summed E-state index contributed by atoms with van der Waals surface area (Å²) in [6, 6.07) is 24.2. The second-order valence-corrected chi connectivity index (χ2v) is 9.14. The van der Waals surface area contributed by atoms with Crippen molar-refractivity contribution in [3.05, 3.63) is 101 Å². The van der Waals surface area contributed by atoms with Crippen LogP contribution in [0, 0.1) is 20.9 Å². The van der Waals surface area contributed by atoms with Gasteiger partial charge in [-0.1, -0.05) is 54.6 Å². The zero-order chi connectivity index (χ0) is 25.2. The maximum absolute atomic E-state index is 14.3. The van der Waals surface area contributed by atoms with E-state index >= 15 is 0 Å². The number of benzene rings is 3. The van der Waals surface area contributed by atoms with Gasteiger partial charge in [0, 0.05) is 17.5 Å². The fourth-order valence-electron chi connectivity index (χ4n) is 6.09. The Balaban J connectivity index is 1.58. The summed E-state index contributed by atoms with van der Waals surface area (Å²) in [7, 11) is 0. The molecule has 1 fully saturated rings. The maximum atomic E-state index is 14.3. The van der Waals surface area contributed by atoms with Crippen molar-refractivity contribution in [3.8, 4) is 0 Å². The average molecular weight is 479 g/mol. The van der Waals surface area contributed by atoms with Crippen molar-refractivity contribution in [2.24, 2.45) is 21.0 Å². The number of anilines is 2. The number of carbonyl (C=O) groups excluding carboxylic acids is 2. The van der Waals surface area contributed by atoms with Crippen LogP contribution < -0.4 is 10.0 Å². The molecule has 1 aliphatic carbocycles. The summed E-state index contributed by atoms with van der Waals surface area (Å²) in [5.41, 5.74) is -0.708. The summed E-state index contributed by atoms with van der Waals surface area (Å²) in [4.78, 5) is 40.1. The number of nitrogens with zero attached hydrogens (tertiary/aromatic N) is 5. The first kappa shape index (κ1) is 21.8. The molecule has 9 heteroatoms. The number of para-hydroxylation sites is 3. The Morgan fingerprint density at radius 2 is 1.14 bits per heavy atom. The number of amides is 2. The number of fused-ring (bicyclic) bond motifs is 1. The van der Waals surface area contributed by atoms with E-state index < -0.39 is 33.5 Å². The van der Waals surface area contributed by atoms with Gasteiger partial charge in [-0.3, -0.25) is 19.7 Å². The van der Waals surface area contributed by atoms with Crippen molar-refractivity contribution in [1.29, 1.82) is 0 Å². The van der Waals surface area contributed by atoms with Gasteiger partial charge in [0.1, 0.15) is 10.8 Å². The van der Waals surface area contributed by atoms with E-state index in [1.165, 1.54) is 16.1 Å². The highest BCUT2D eigenvalue weighted by molar-refractivity contribution is 6.37. The molecule has 0 aromatic heterocycles. The number of hydrazone groups is 2. The van der Waals surface area contributed by atoms with Gasteiger partial charge in [0.25, 0.3) is 17.5 Å². The van der Waals surface area contributed by atoms with Crippen LogP contribution in [0.2, 0.25) is 0 Å². The molecular formula is C27H21N5O4. The highest BCUT2D eigenvalue weighted by atomic mass is 16.6. The van der Waals surface area contributed by atoms with Crippen LogP contribution in [0.5, 0.6) is 0 Å². The molecule has 2 heterocycles. The van der Waals surface area contributed by atoms with Gasteiger partial charge < -0.3 is 0 Å². The first-order valence-electron chi connectivity index (χ1n) is 11.5. The van der Waals surface area contributed by atoms with Crippen LogP contribution in [0.3, 0.4) is 0 Å². The number of nitro benzene ring substituents is 1. The lowest BCUT2D eigenvalue weighted by Crippen LogP contribution is -2.40. The zero-order valence-corrected chi connectivity index (χ0v) is 19.5. The van der Waals surface area contributed by atoms with Crippen molar-refractivity contribution in [2.75, 3.05) is 10.0 Å². The van der Waals surface area contributed by atoms with E-state index in [-0.39, 0.29) is 5.69 Å². The third kappa shape index (κ3) is 2.49. The Morgan fingerprint density at radius 3 is 1.58 bits per heavy atom. The second kappa shape index (κ2) is 7.42. The molecular weight excluding hydrogens is 458 g/mol. The predicted molar refractivity (Wildman–Crippen MR) is 135 cm³/mol. The molecule has 9 nitrogen and oxygen atoms in total. The molecule has 0 N–H and O–H groups in total. The third-order valence-electron chi connectivity index (χ3n) is 7.55. The van der Waals surface area contributed by atoms with Crippen LogP contribution in [0.15, 0.2) is 95.1 Å². The maximum Gasteiger partial charge on any atom is 0.272 e. The Morgan fingerprint density at radius 1 is 0.722 bits per heavy atom. The largest absolute Gasteiger partial charge is 0.272 e.